The molecule has 0 saturated heterocycles. The molecule has 2 rings (SSSR count). The van der Waals surface area contributed by atoms with Crippen molar-refractivity contribution in [1.82, 2.24) is 14.8 Å². The van der Waals surface area contributed by atoms with E-state index in [4.69, 9.17) is 0 Å². The van der Waals surface area contributed by atoms with E-state index in [0.717, 1.165) is 4.47 Å². The van der Waals surface area contributed by atoms with Gasteiger partial charge in [0.25, 0.3) is 5.91 Å². The average molecular weight is 356 g/mol. The van der Waals surface area contributed by atoms with E-state index in [1.54, 1.807) is 11.3 Å². The van der Waals surface area contributed by atoms with Gasteiger partial charge in [-0.15, -0.1) is 11.3 Å². The van der Waals surface area contributed by atoms with Crippen molar-refractivity contribution in [2.75, 3.05) is 20.6 Å². The number of aryl methyl sites for hydroxylation is 1. The Labute approximate surface area is 131 Å². The third-order valence-corrected chi connectivity index (χ3v) is 4.56. The smallest absolute Gasteiger partial charge is 0.268 e. The lowest BCUT2D eigenvalue weighted by atomic mass is 10.2. The van der Waals surface area contributed by atoms with Crippen LogP contribution >= 0.6 is 27.3 Å². The first-order chi connectivity index (χ1) is 9.49. The van der Waals surface area contributed by atoms with Crippen LogP contribution in [0.15, 0.2) is 34.2 Å². The van der Waals surface area contributed by atoms with Crippen LogP contribution in [-0.4, -0.2) is 36.0 Å². The third kappa shape index (κ3) is 3.50. The number of nitrogens with one attached hydrogen (secondary N) is 1. The highest BCUT2D eigenvalue weighted by Crippen LogP contribution is 2.22. The van der Waals surface area contributed by atoms with Crippen molar-refractivity contribution in [3.8, 4) is 0 Å². The molecule has 1 atom stereocenters. The molecule has 1 N–H and O–H groups in total. The summed E-state index contributed by atoms with van der Waals surface area (Å²) in [6.45, 7) is 0.592. The molecule has 0 aliphatic rings. The molecule has 0 aliphatic heterocycles. The minimum Gasteiger partial charge on any atom is -0.349 e. The highest BCUT2D eigenvalue weighted by molar-refractivity contribution is 9.10. The first-order valence-electron chi connectivity index (χ1n) is 6.29. The number of hydrogen-bond donors (Lipinski definition) is 1. The maximum Gasteiger partial charge on any atom is 0.268 e. The van der Waals surface area contributed by atoms with Gasteiger partial charge in [-0.25, -0.2) is 0 Å². The van der Waals surface area contributed by atoms with Gasteiger partial charge >= 0.3 is 0 Å². The fraction of sp³-hybridized carbons (Fsp3) is 0.357. The summed E-state index contributed by atoms with van der Waals surface area (Å²) in [4.78, 5) is 15.6. The van der Waals surface area contributed by atoms with Crippen LogP contribution in [0.4, 0.5) is 0 Å². The van der Waals surface area contributed by atoms with Crippen molar-refractivity contribution < 1.29 is 4.79 Å². The molecule has 1 unspecified atom stereocenters. The largest absolute Gasteiger partial charge is 0.349 e. The van der Waals surface area contributed by atoms with Crippen LogP contribution in [0.25, 0.3) is 0 Å². The molecule has 2 aromatic rings. The second-order valence-corrected chi connectivity index (χ2v) is 6.75. The molecule has 108 valence electrons. The number of thiophene rings is 1. The number of nitrogens with zero attached hydrogens (tertiary/aromatic N) is 2. The van der Waals surface area contributed by atoms with Gasteiger partial charge in [-0.1, -0.05) is 6.07 Å². The molecule has 4 nitrogen and oxygen atoms in total. The number of halogens is 1. The lowest BCUT2D eigenvalue weighted by molar-refractivity contribution is 0.0934. The summed E-state index contributed by atoms with van der Waals surface area (Å²) >= 11 is 5.09. The topological polar surface area (TPSA) is 37.3 Å². The molecule has 6 heteroatoms. The molecule has 2 heterocycles. The molecule has 20 heavy (non-hydrogen) atoms. The van der Waals surface area contributed by atoms with Crippen LogP contribution < -0.4 is 5.32 Å². The first-order valence-corrected chi connectivity index (χ1v) is 7.96. The van der Waals surface area contributed by atoms with E-state index in [9.17, 15) is 4.79 Å². The molecule has 0 bridgehead atoms. The van der Waals surface area contributed by atoms with E-state index in [1.165, 1.54) is 4.88 Å². The minimum absolute atomic E-state index is 0.0541. The number of amides is 1. The molecular weight excluding hydrogens is 338 g/mol. The Bertz CT molecular complexity index is 577. The summed E-state index contributed by atoms with van der Waals surface area (Å²) in [7, 11) is 5.91. The van der Waals surface area contributed by atoms with Gasteiger partial charge < -0.3 is 14.8 Å². The number of likely N-dealkylation sites (N-methyl/N-ethyl adjacent to an activating group) is 1. The van der Waals surface area contributed by atoms with Gasteiger partial charge in [0, 0.05) is 29.1 Å². The van der Waals surface area contributed by atoms with Crippen molar-refractivity contribution in [3.05, 3.63) is 44.8 Å². The van der Waals surface area contributed by atoms with Crippen molar-refractivity contribution in [2.24, 2.45) is 7.05 Å². The molecule has 0 aliphatic carbocycles. The molecule has 2 aromatic heterocycles. The van der Waals surface area contributed by atoms with E-state index < -0.39 is 0 Å². The maximum atomic E-state index is 12.2. The zero-order valence-corrected chi connectivity index (χ0v) is 14.2. The quantitative estimate of drug-likeness (QED) is 0.895. The fourth-order valence-electron chi connectivity index (χ4n) is 2.05. The Morgan fingerprint density at radius 2 is 2.30 bits per heavy atom. The van der Waals surface area contributed by atoms with Gasteiger partial charge in [0.2, 0.25) is 0 Å². The number of carbonyl (C=O) groups excluding carboxylic acids is 1. The molecular formula is C14H18BrN3OS. The number of aromatic nitrogens is 1. The van der Waals surface area contributed by atoms with Crippen LogP contribution in [-0.2, 0) is 7.05 Å². The summed E-state index contributed by atoms with van der Waals surface area (Å²) < 4.78 is 2.72. The highest BCUT2D eigenvalue weighted by atomic mass is 79.9. The highest BCUT2D eigenvalue weighted by Gasteiger charge is 2.18. The van der Waals surface area contributed by atoms with Crippen LogP contribution in [0.5, 0.6) is 0 Å². The third-order valence-electron chi connectivity index (χ3n) is 3.16. The molecule has 0 radical (unpaired) electrons. The van der Waals surface area contributed by atoms with Gasteiger partial charge in [-0.3, -0.25) is 4.79 Å². The second kappa shape index (κ2) is 6.56. The van der Waals surface area contributed by atoms with Crippen LogP contribution in [0.1, 0.15) is 21.4 Å². The van der Waals surface area contributed by atoms with E-state index in [0.29, 0.717) is 12.2 Å². The predicted octanol–water partition coefficient (Wildman–Crippen LogP) is 2.88. The van der Waals surface area contributed by atoms with Crippen molar-refractivity contribution in [1.29, 1.82) is 0 Å². The van der Waals surface area contributed by atoms with Crippen molar-refractivity contribution in [2.45, 2.75) is 6.04 Å². The van der Waals surface area contributed by atoms with Gasteiger partial charge in [0.05, 0.1) is 6.04 Å². The second-order valence-electron chi connectivity index (χ2n) is 4.86. The van der Waals surface area contributed by atoms with Crippen LogP contribution in [0, 0.1) is 0 Å². The summed E-state index contributed by atoms with van der Waals surface area (Å²) in [5.41, 5.74) is 0.653. The summed E-state index contributed by atoms with van der Waals surface area (Å²) in [6.07, 6.45) is 1.87. The number of hydrogen-bond acceptors (Lipinski definition) is 3. The Hall–Kier alpha value is -1.11. The zero-order chi connectivity index (χ0) is 14.7. The normalized spacial score (nSPS) is 12.7. The fourth-order valence-corrected chi connectivity index (χ4v) is 3.50. The standard InChI is InChI=1S/C14H18BrN3OS/c1-17(2)12(13-5-4-6-20-13)8-16-14(19)11-7-10(15)9-18(11)3/h4-7,9,12H,8H2,1-3H3,(H,16,19). The van der Waals surface area contributed by atoms with Crippen molar-refractivity contribution in [3.63, 3.8) is 0 Å². The van der Waals surface area contributed by atoms with E-state index in [1.807, 2.05) is 44.0 Å². The molecule has 0 saturated carbocycles. The van der Waals surface area contributed by atoms with Gasteiger partial charge in [0.1, 0.15) is 5.69 Å². The number of carbonyl (C=O) groups is 1. The van der Waals surface area contributed by atoms with Crippen LogP contribution in [0.2, 0.25) is 0 Å². The van der Waals surface area contributed by atoms with E-state index in [2.05, 4.69) is 37.6 Å². The monoisotopic (exact) mass is 355 g/mol. The van der Waals surface area contributed by atoms with Crippen LogP contribution in [0.3, 0.4) is 0 Å². The number of rotatable bonds is 5. The molecule has 0 fully saturated rings. The Balaban J connectivity index is 2.03. The predicted molar refractivity (Wildman–Crippen MR) is 86.2 cm³/mol. The van der Waals surface area contributed by atoms with E-state index >= 15 is 0 Å². The van der Waals surface area contributed by atoms with Gasteiger partial charge in [-0.05, 0) is 47.5 Å². The molecule has 1 amide bonds. The first kappa shape index (κ1) is 15.3. The minimum atomic E-state index is -0.0541. The summed E-state index contributed by atoms with van der Waals surface area (Å²) in [5, 5.41) is 5.06. The summed E-state index contributed by atoms with van der Waals surface area (Å²) in [5.74, 6) is -0.0541. The van der Waals surface area contributed by atoms with Crippen molar-refractivity contribution >= 4 is 33.2 Å². The maximum absolute atomic E-state index is 12.2. The molecule has 0 spiro atoms. The average Bonchev–Trinajstić information content (AvgIpc) is 2.99. The van der Waals surface area contributed by atoms with Gasteiger partial charge in [0.15, 0.2) is 0 Å². The molecule has 0 aromatic carbocycles. The Morgan fingerprint density at radius 1 is 1.55 bits per heavy atom. The lowest BCUT2D eigenvalue weighted by Crippen LogP contribution is -2.34. The summed E-state index contributed by atoms with van der Waals surface area (Å²) in [6, 6.07) is 6.15. The SMILES string of the molecule is CN(C)C(CNC(=O)c1cc(Br)cn1C)c1cccs1. The Kier molecular flexibility index (Phi) is 5.01. The van der Waals surface area contributed by atoms with Gasteiger partial charge in [-0.2, -0.15) is 0 Å². The lowest BCUT2D eigenvalue weighted by Gasteiger charge is -2.23. The Morgan fingerprint density at radius 3 is 2.80 bits per heavy atom. The zero-order valence-electron chi connectivity index (χ0n) is 11.8. The van der Waals surface area contributed by atoms with E-state index in [-0.39, 0.29) is 11.9 Å².